The van der Waals surface area contributed by atoms with Gasteiger partial charge < -0.3 is 10.4 Å². The van der Waals surface area contributed by atoms with Gasteiger partial charge in [-0.25, -0.2) is 8.78 Å². The van der Waals surface area contributed by atoms with E-state index in [4.69, 9.17) is 0 Å². The van der Waals surface area contributed by atoms with Crippen LogP contribution in [0.5, 0.6) is 0 Å². The molecule has 0 amide bonds. The molecule has 1 aliphatic heterocycles. The number of hydrogen-bond acceptors (Lipinski definition) is 4. The second kappa shape index (κ2) is 9.91. The predicted molar refractivity (Wildman–Crippen MR) is 109 cm³/mol. The van der Waals surface area contributed by atoms with E-state index in [9.17, 15) is 23.5 Å². The number of hydrogen-bond donors (Lipinski definition) is 2. The summed E-state index contributed by atoms with van der Waals surface area (Å²) in [7, 11) is 0. The molecule has 7 heteroatoms. The van der Waals surface area contributed by atoms with E-state index in [0.29, 0.717) is 19.5 Å². The van der Waals surface area contributed by atoms with Crippen LogP contribution in [0.1, 0.15) is 36.9 Å². The van der Waals surface area contributed by atoms with Crippen LogP contribution < -0.4 is 5.32 Å². The highest BCUT2D eigenvalue weighted by Gasteiger charge is 2.33. The van der Waals surface area contributed by atoms with E-state index >= 15 is 0 Å². The molecule has 2 N–H and O–H groups in total. The quantitative estimate of drug-likeness (QED) is 0.646. The summed E-state index contributed by atoms with van der Waals surface area (Å²) in [5, 5.41) is 12.7. The van der Waals surface area contributed by atoms with E-state index in [1.54, 1.807) is 24.3 Å². The number of Topliss-reactive ketones (excluding diaryl/α,β-unsaturated/α-hetero) is 1. The van der Waals surface area contributed by atoms with Crippen LogP contribution in [0.25, 0.3) is 0 Å². The first-order valence-electron chi connectivity index (χ1n) is 10.1. The summed E-state index contributed by atoms with van der Waals surface area (Å²) in [6, 6.07) is 12.2. The van der Waals surface area contributed by atoms with Crippen molar-refractivity contribution in [2.75, 3.05) is 19.6 Å². The molecule has 1 heterocycles. The molecule has 5 nitrogen and oxygen atoms in total. The largest absolute Gasteiger partial charge is 0.481 e. The SMILES string of the molecule is CC(=O)C(CCC1CNCCN1C(c1ccc(F)cc1)c1ccc(F)cc1)C(=O)O. The van der Waals surface area contributed by atoms with Crippen molar-refractivity contribution in [3.63, 3.8) is 0 Å². The van der Waals surface area contributed by atoms with Gasteiger partial charge in [-0.3, -0.25) is 14.5 Å². The van der Waals surface area contributed by atoms with Crippen LogP contribution in [0.3, 0.4) is 0 Å². The molecule has 1 aliphatic rings. The number of carbonyl (C=O) groups is 2. The monoisotopic (exact) mass is 416 g/mol. The number of piperazine rings is 1. The zero-order valence-corrected chi connectivity index (χ0v) is 16.9. The molecule has 3 rings (SSSR count). The lowest BCUT2D eigenvalue weighted by atomic mass is 9.91. The highest BCUT2D eigenvalue weighted by atomic mass is 19.1. The molecule has 1 saturated heterocycles. The molecule has 160 valence electrons. The average molecular weight is 416 g/mol. The van der Waals surface area contributed by atoms with Gasteiger partial charge in [0.1, 0.15) is 23.3 Å². The maximum atomic E-state index is 13.5. The van der Waals surface area contributed by atoms with Crippen molar-refractivity contribution < 1.29 is 23.5 Å². The molecule has 0 aromatic heterocycles. The van der Waals surface area contributed by atoms with Crippen molar-refractivity contribution in [3.8, 4) is 0 Å². The summed E-state index contributed by atoms with van der Waals surface area (Å²) < 4.78 is 27.0. The summed E-state index contributed by atoms with van der Waals surface area (Å²) in [4.78, 5) is 25.3. The molecule has 2 atom stereocenters. The number of carboxylic acid groups (broad SMARTS) is 1. The van der Waals surface area contributed by atoms with E-state index < -0.39 is 11.9 Å². The maximum Gasteiger partial charge on any atom is 0.314 e. The number of nitrogens with one attached hydrogen (secondary N) is 1. The second-order valence-electron chi connectivity index (χ2n) is 7.68. The minimum atomic E-state index is -1.11. The van der Waals surface area contributed by atoms with E-state index in [0.717, 1.165) is 17.7 Å². The van der Waals surface area contributed by atoms with E-state index in [2.05, 4.69) is 10.2 Å². The van der Waals surface area contributed by atoms with Gasteiger partial charge in [0.2, 0.25) is 0 Å². The molecule has 30 heavy (non-hydrogen) atoms. The molecular formula is C23H26F2N2O3. The number of rotatable bonds is 8. The van der Waals surface area contributed by atoms with Crippen LogP contribution in [-0.2, 0) is 9.59 Å². The molecule has 0 saturated carbocycles. The molecule has 2 aromatic carbocycles. The Kier molecular flexibility index (Phi) is 7.29. The van der Waals surface area contributed by atoms with Crippen LogP contribution in [0, 0.1) is 17.6 Å². The molecule has 0 radical (unpaired) electrons. The number of halogens is 2. The normalized spacial score (nSPS) is 18.3. The highest BCUT2D eigenvalue weighted by Crippen LogP contribution is 2.33. The van der Waals surface area contributed by atoms with Crippen LogP contribution in [0.2, 0.25) is 0 Å². The molecule has 2 unspecified atom stereocenters. The summed E-state index contributed by atoms with van der Waals surface area (Å²) in [5.41, 5.74) is 1.74. The maximum absolute atomic E-state index is 13.5. The molecule has 0 aliphatic carbocycles. The second-order valence-corrected chi connectivity index (χ2v) is 7.68. The van der Waals surface area contributed by atoms with Gasteiger partial charge in [-0.05, 0) is 55.2 Å². The third kappa shape index (κ3) is 5.29. The Morgan fingerprint density at radius 3 is 2.07 bits per heavy atom. The van der Waals surface area contributed by atoms with Gasteiger partial charge in [0.15, 0.2) is 0 Å². The van der Waals surface area contributed by atoms with E-state index in [1.807, 2.05) is 0 Å². The van der Waals surface area contributed by atoms with Gasteiger partial charge in [-0.15, -0.1) is 0 Å². The van der Waals surface area contributed by atoms with Crippen LogP contribution in [0.4, 0.5) is 8.78 Å². The Labute approximate surface area is 174 Å². The first kappa shape index (κ1) is 22.1. The van der Waals surface area contributed by atoms with Gasteiger partial charge in [0, 0.05) is 25.7 Å². The first-order chi connectivity index (χ1) is 14.4. The van der Waals surface area contributed by atoms with Crippen molar-refractivity contribution in [2.45, 2.75) is 31.8 Å². The van der Waals surface area contributed by atoms with Gasteiger partial charge >= 0.3 is 5.97 Å². The minimum absolute atomic E-state index is 0.0277. The number of benzene rings is 2. The fourth-order valence-corrected chi connectivity index (χ4v) is 4.11. The Morgan fingerprint density at radius 1 is 1.07 bits per heavy atom. The minimum Gasteiger partial charge on any atom is -0.481 e. The number of ketones is 1. The smallest absolute Gasteiger partial charge is 0.314 e. The van der Waals surface area contributed by atoms with Crippen LogP contribution in [-0.4, -0.2) is 47.4 Å². The Bertz CT molecular complexity index is 812. The topological polar surface area (TPSA) is 69.6 Å². The van der Waals surface area contributed by atoms with Crippen molar-refractivity contribution in [2.24, 2.45) is 5.92 Å². The molecule has 2 aromatic rings. The number of carboxylic acids is 1. The van der Waals surface area contributed by atoms with E-state index in [1.165, 1.54) is 31.2 Å². The standard InChI is InChI=1S/C23H26F2N2O3/c1-15(28)21(23(29)30)11-10-20-14-26-12-13-27(20)22(16-2-6-18(24)7-3-16)17-4-8-19(25)9-5-17/h2-9,20-22,26H,10-14H2,1H3,(H,29,30). The summed E-state index contributed by atoms with van der Waals surface area (Å²) in [5.74, 6) is -3.15. The summed E-state index contributed by atoms with van der Waals surface area (Å²) in [6.07, 6.45) is 0.759. The van der Waals surface area contributed by atoms with Gasteiger partial charge in [-0.1, -0.05) is 24.3 Å². The van der Waals surface area contributed by atoms with Gasteiger partial charge in [0.05, 0.1) is 6.04 Å². The van der Waals surface area contributed by atoms with Gasteiger partial charge in [-0.2, -0.15) is 0 Å². The number of carbonyl (C=O) groups excluding carboxylic acids is 1. The highest BCUT2D eigenvalue weighted by molar-refractivity contribution is 5.96. The Morgan fingerprint density at radius 2 is 1.60 bits per heavy atom. The van der Waals surface area contributed by atoms with Crippen LogP contribution >= 0.6 is 0 Å². The Balaban J connectivity index is 1.91. The molecule has 0 spiro atoms. The number of aliphatic carboxylic acids is 1. The molecular weight excluding hydrogens is 390 g/mol. The zero-order valence-electron chi connectivity index (χ0n) is 16.9. The third-order valence-corrected chi connectivity index (χ3v) is 5.68. The van der Waals surface area contributed by atoms with Crippen molar-refractivity contribution >= 4 is 11.8 Å². The van der Waals surface area contributed by atoms with Crippen molar-refractivity contribution in [1.29, 1.82) is 0 Å². The molecule has 1 fully saturated rings. The fourth-order valence-electron chi connectivity index (χ4n) is 4.11. The predicted octanol–water partition coefficient (Wildman–Crippen LogP) is 3.40. The Hall–Kier alpha value is -2.64. The lowest BCUT2D eigenvalue weighted by Crippen LogP contribution is -2.52. The zero-order chi connectivity index (χ0) is 21.7. The first-order valence-corrected chi connectivity index (χ1v) is 10.1. The fraction of sp³-hybridized carbons (Fsp3) is 0.391. The van der Waals surface area contributed by atoms with Crippen LogP contribution in [0.15, 0.2) is 48.5 Å². The van der Waals surface area contributed by atoms with Crippen molar-refractivity contribution in [3.05, 3.63) is 71.3 Å². The number of nitrogens with zero attached hydrogens (tertiary/aromatic N) is 1. The average Bonchev–Trinajstić information content (AvgIpc) is 2.71. The van der Waals surface area contributed by atoms with Crippen molar-refractivity contribution in [1.82, 2.24) is 10.2 Å². The lowest BCUT2D eigenvalue weighted by Gasteiger charge is -2.42. The van der Waals surface area contributed by atoms with E-state index in [-0.39, 0.29) is 35.9 Å². The summed E-state index contributed by atoms with van der Waals surface area (Å²) in [6.45, 7) is 3.37. The van der Waals surface area contributed by atoms with Gasteiger partial charge in [0.25, 0.3) is 0 Å². The third-order valence-electron chi connectivity index (χ3n) is 5.68. The lowest BCUT2D eigenvalue weighted by molar-refractivity contribution is -0.146. The summed E-state index contributed by atoms with van der Waals surface area (Å²) >= 11 is 0. The molecule has 0 bridgehead atoms.